The van der Waals surface area contributed by atoms with Crippen LogP contribution in [0.5, 0.6) is 11.5 Å². The van der Waals surface area contributed by atoms with Crippen molar-refractivity contribution in [2.45, 2.75) is 12.6 Å². The molecule has 0 aliphatic carbocycles. The molecule has 186 valence electrons. The van der Waals surface area contributed by atoms with E-state index in [-0.39, 0.29) is 35.1 Å². The molecule has 8 heteroatoms. The molecule has 1 unspecified atom stereocenters. The van der Waals surface area contributed by atoms with Crippen LogP contribution in [0.4, 0.5) is 0 Å². The number of ketones is 1. The fraction of sp³-hybridized carbons (Fsp3) is 0.214. The number of likely N-dealkylation sites (tertiary alicyclic amines) is 1. The number of ether oxygens (including phenoxy) is 3. The summed E-state index contributed by atoms with van der Waals surface area (Å²) in [5, 5.41) is 11.5. The Morgan fingerprint density at radius 1 is 0.972 bits per heavy atom. The highest BCUT2D eigenvalue weighted by Gasteiger charge is 2.46. The van der Waals surface area contributed by atoms with Crippen molar-refractivity contribution in [3.05, 3.63) is 100 Å². The topological polar surface area (TPSA) is 85.3 Å². The van der Waals surface area contributed by atoms with E-state index in [1.807, 2.05) is 30.3 Å². The quantitative estimate of drug-likeness (QED) is 0.249. The Bertz CT molecular complexity index is 1290. The second-order valence-electron chi connectivity index (χ2n) is 8.18. The lowest BCUT2D eigenvalue weighted by Gasteiger charge is -2.25. The minimum atomic E-state index is -0.859. The zero-order valence-corrected chi connectivity index (χ0v) is 20.7. The molecule has 0 bridgehead atoms. The molecule has 36 heavy (non-hydrogen) atoms. The van der Waals surface area contributed by atoms with Crippen LogP contribution < -0.4 is 9.47 Å². The van der Waals surface area contributed by atoms with Crippen LogP contribution >= 0.6 is 11.6 Å². The number of hydrogen-bond acceptors (Lipinski definition) is 6. The van der Waals surface area contributed by atoms with E-state index in [9.17, 15) is 14.7 Å². The molecule has 0 spiro atoms. The zero-order valence-electron chi connectivity index (χ0n) is 19.9. The molecule has 4 rings (SSSR count). The highest BCUT2D eigenvalue weighted by atomic mass is 35.5. The summed E-state index contributed by atoms with van der Waals surface area (Å²) in [7, 11) is 3.00. The maximum absolute atomic E-state index is 13.2. The first-order valence-electron chi connectivity index (χ1n) is 11.3. The molecule has 1 saturated heterocycles. The van der Waals surface area contributed by atoms with E-state index in [1.165, 1.54) is 25.2 Å². The smallest absolute Gasteiger partial charge is 0.295 e. The molecule has 1 atom stereocenters. The molecule has 1 N–H and O–H groups in total. The Morgan fingerprint density at radius 3 is 2.47 bits per heavy atom. The summed E-state index contributed by atoms with van der Waals surface area (Å²) in [5.41, 5.74) is 1.74. The van der Waals surface area contributed by atoms with E-state index >= 15 is 0 Å². The first kappa shape index (κ1) is 25.3. The standard InChI is InChI=1S/C28H26ClNO6/c1-34-14-13-30-25(19-9-6-10-21(15-19)36-17-18-7-4-3-5-8-18)24(27(32)28(30)33)26(31)22-16-20(35-2)11-12-23(22)29/h3-12,15-16,25,31H,13-14,17H2,1-2H3/b26-24+. The summed E-state index contributed by atoms with van der Waals surface area (Å²) in [6, 6.07) is 20.7. The molecular weight excluding hydrogens is 482 g/mol. The number of Topliss-reactive ketones (excluding diaryl/α,β-unsaturated/α-hetero) is 1. The van der Waals surface area contributed by atoms with Gasteiger partial charge in [-0.05, 0) is 41.5 Å². The van der Waals surface area contributed by atoms with Crippen molar-refractivity contribution >= 4 is 29.1 Å². The van der Waals surface area contributed by atoms with Gasteiger partial charge in [-0.1, -0.05) is 54.1 Å². The van der Waals surface area contributed by atoms with Crippen LogP contribution in [0, 0.1) is 0 Å². The maximum atomic E-state index is 13.2. The molecule has 3 aromatic carbocycles. The number of halogens is 1. The normalized spacial score (nSPS) is 16.9. The van der Waals surface area contributed by atoms with Gasteiger partial charge in [-0.2, -0.15) is 0 Å². The Kier molecular flexibility index (Phi) is 7.93. The van der Waals surface area contributed by atoms with Gasteiger partial charge in [0.1, 0.15) is 23.9 Å². The van der Waals surface area contributed by atoms with E-state index in [0.29, 0.717) is 23.7 Å². The van der Waals surface area contributed by atoms with E-state index in [1.54, 1.807) is 36.4 Å². The zero-order chi connectivity index (χ0) is 25.7. The van der Waals surface area contributed by atoms with Crippen molar-refractivity contribution in [1.82, 2.24) is 4.90 Å². The van der Waals surface area contributed by atoms with Gasteiger partial charge in [-0.25, -0.2) is 0 Å². The Hall–Kier alpha value is -3.81. The van der Waals surface area contributed by atoms with Gasteiger partial charge in [0, 0.05) is 19.2 Å². The van der Waals surface area contributed by atoms with Gasteiger partial charge < -0.3 is 24.2 Å². The Balaban J connectivity index is 1.77. The first-order valence-corrected chi connectivity index (χ1v) is 11.7. The van der Waals surface area contributed by atoms with Crippen molar-refractivity contribution < 1.29 is 28.9 Å². The van der Waals surface area contributed by atoms with E-state index in [0.717, 1.165) is 5.56 Å². The summed E-state index contributed by atoms with van der Waals surface area (Å²) in [4.78, 5) is 27.6. The summed E-state index contributed by atoms with van der Waals surface area (Å²) in [5.74, 6) is -0.899. The average Bonchev–Trinajstić information content (AvgIpc) is 3.16. The monoisotopic (exact) mass is 507 g/mol. The van der Waals surface area contributed by atoms with Gasteiger partial charge >= 0.3 is 0 Å². The largest absolute Gasteiger partial charge is 0.507 e. The summed E-state index contributed by atoms with van der Waals surface area (Å²) in [6.45, 7) is 0.727. The van der Waals surface area contributed by atoms with Crippen LogP contribution in [0.25, 0.3) is 5.76 Å². The van der Waals surface area contributed by atoms with Gasteiger partial charge in [0.05, 0.1) is 30.4 Å². The summed E-state index contributed by atoms with van der Waals surface area (Å²) in [6.07, 6.45) is 0. The van der Waals surface area contributed by atoms with Gasteiger partial charge in [0.15, 0.2) is 0 Å². The van der Waals surface area contributed by atoms with Crippen LogP contribution in [0.1, 0.15) is 22.7 Å². The fourth-order valence-electron chi connectivity index (χ4n) is 4.12. The van der Waals surface area contributed by atoms with Gasteiger partial charge in [-0.3, -0.25) is 9.59 Å². The van der Waals surface area contributed by atoms with Gasteiger partial charge in [0.2, 0.25) is 0 Å². The number of hydrogen-bond donors (Lipinski definition) is 1. The van der Waals surface area contributed by atoms with Crippen LogP contribution in [-0.4, -0.2) is 49.1 Å². The van der Waals surface area contributed by atoms with Crippen molar-refractivity contribution in [2.75, 3.05) is 27.4 Å². The average molecular weight is 508 g/mol. The van der Waals surface area contributed by atoms with Gasteiger partial charge in [0.25, 0.3) is 11.7 Å². The predicted octanol–water partition coefficient (Wildman–Crippen LogP) is 5.00. The van der Waals surface area contributed by atoms with Crippen molar-refractivity contribution in [1.29, 1.82) is 0 Å². The fourth-order valence-corrected chi connectivity index (χ4v) is 4.33. The Labute approximate surface area is 214 Å². The molecule has 0 saturated carbocycles. The molecule has 0 aromatic heterocycles. The maximum Gasteiger partial charge on any atom is 0.295 e. The van der Waals surface area contributed by atoms with Crippen molar-refractivity contribution in [3.63, 3.8) is 0 Å². The van der Waals surface area contributed by atoms with Crippen LogP contribution in [0.15, 0.2) is 78.4 Å². The minimum Gasteiger partial charge on any atom is -0.507 e. The lowest BCUT2D eigenvalue weighted by Crippen LogP contribution is -2.32. The van der Waals surface area contributed by atoms with E-state index in [4.69, 9.17) is 25.8 Å². The third-order valence-corrected chi connectivity index (χ3v) is 6.26. The summed E-state index contributed by atoms with van der Waals surface area (Å²) >= 11 is 6.35. The molecule has 3 aromatic rings. The third-order valence-electron chi connectivity index (χ3n) is 5.93. The van der Waals surface area contributed by atoms with Gasteiger partial charge in [-0.15, -0.1) is 0 Å². The molecule has 1 fully saturated rings. The second-order valence-corrected chi connectivity index (χ2v) is 8.59. The molecule has 1 heterocycles. The number of aliphatic hydroxyl groups is 1. The number of aliphatic hydroxyl groups excluding tert-OH is 1. The van der Waals surface area contributed by atoms with Crippen LogP contribution in [0.2, 0.25) is 5.02 Å². The molecule has 1 aliphatic rings. The van der Waals surface area contributed by atoms with E-state index < -0.39 is 17.7 Å². The molecular formula is C28H26ClNO6. The van der Waals surface area contributed by atoms with Crippen LogP contribution in [0.3, 0.4) is 0 Å². The van der Waals surface area contributed by atoms with Crippen molar-refractivity contribution in [3.8, 4) is 11.5 Å². The third kappa shape index (κ3) is 5.22. The number of methoxy groups -OCH3 is 2. The molecule has 0 radical (unpaired) electrons. The SMILES string of the molecule is COCCN1C(=O)C(=O)/C(=C(/O)c2cc(OC)ccc2Cl)C1c1cccc(OCc2ccccc2)c1. The number of carbonyl (C=O) groups is 2. The number of benzene rings is 3. The molecule has 1 amide bonds. The highest BCUT2D eigenvalue weighted by Crippen LogP contribution is 2.41. The number of carbonyl (C=O) groups excluding carboxylic acids is 2. The predicted molar refractivity (Wildman–Crippen MR) is 136 cm³/mol. The lowest BCUT2D eigenvalue weighted by molar-refractivity contribution is -0.140. The number of nitrogens with zero attached hydrogens (tertiary/aromatic N) is 1. The Morgan fingerprint density at radius 2 is 1.75 bits per heavy atom. The molecule has 1 aliphatic heterocycles. The number of rotatable bonds is 9. The van der Waals surface area contributed by atoms with E-state index in [2.05, 4.69) is 0 Å². The molecule has 7 nitrogen and oxygen atoms in total. The summed E-state index contributed by atoms with van der Waals surface area (Å²) < 4.78 is 16.4. The first-order chi connectivity index (χ1) is 17.4. The van der Waals surface area contributed by atoms with Crippen LogP contribution in [-0.2, 0) is 20.9 Å². The highest BCUT2D eigenvalue weighted by molar-refractivity contribution is 6.47. The minimum absolute atomic E-state index is 0.0635. The van der Waals surface area contributed by atoms with Crippen molar-refractivity contribution in [2.24, 2.45) is 0 Å². The number of amides is 1. The second kappa shape index (κ2) is 11.3. The lowest BCUT2D eigenvalue weighted by atomic mass is 9.95.